The molecule has 0 radical (unpaired) electrons. The molecule has 1 aliphatic rings. The Hall–Kier alpha value is -1.61. The Kier molecular flexibility index (Phi) is 4.39. The van der Waals surface area contributed by atoms with Gasteiger partial charge < -0.3 is 4.74 Å². The minimum Gasteiger partial charge on any atom is -0.487 e. The van der Waals surface area contributed by atoms with Gasteiger partial charge in [0.05, 0.1) is 18.5 Å². The fraction of sp³-hybridized carbons (Fsp3) is 0.412. The molecule has 3 nitrogen and oxygen atoms in total. The lowest BCUT2D eigenvalue weighted by molar-refractivity contribution is 0.134. The average Bonchev–Trinajstić information content (AvgIpc) is 2.50. The minimum absolute atomic E-state index is 0.307. The van der Waals surface area contributed by atoms with E-state index in [0.717, 1.165) is 30.1 Å². The van der Waals surface area contributed by atoms with Crippen molar-refractivity contribution in [3.63, 3.8) is 0 Å². The molecule has 1 aromatic heterocycles. The average molecular weight is 303 g/mol. The van der Waals surface area contributed by atoms with Crippen molar-refractivity contribution in [2.24, 2.45) is 5.92 Å². The van der Waals surface area contributed by atoms with Crippen LogP contribution in [0.3, 0.4) is 0 Å². The highest BCUT2D eigenvalue weighted by Crippen LogP contribution is 2.27. The third-order valence-electron chi connectivity index (χ3n) is 3.98. The smallest absolute Gasteiger partial charge is 0.159 e. The summed E-state index contributed by atoms with van der Waals surface area (Å²) in [6, 6.07) is 7.55. The van der Waals surface area contributed by atoms with Crippen molar-refractivity contribution >= 4 is 11.6 Å². The molecule has 0 atom stereocenters. The molecule has 1 aromatic carbocycles. The third-order valence-corrected chi connectivity index (χ3v) is 4.21. The molecular formula is C17H19ClN2O. The maximum Gasteiger partial charge on any atom is 0.159 e. The number of benzene rings is 1. The third kappa shape index (κ3) is 3.73. The predicted octanol–water partition coefficient (Wildman–Crippen LogP) is 4.75. The standard InChI is InChI=1S/C17H19ClN2O/c1-12-5-7-15(8-6-12)21-16-10-19-17(20-11-16)13-3-2-4-14(18)9-13/h2-4,9-12,15H,5-8H2,1H3. The van der Waals surface area contributed by atoms with Gasteiger partial charge in [0, 0.05) is 10.6 Å². The van der Waals surface area contributed by atoms with Crippen LogP contribution in [0.4, 0.5) is 0 Å². The monoisotopic (exact) mass is 302 g/mol. The van der Waals surface area contributed by atoms with E-state index in [1.807, 2.05) is 24.3 Å². The van der Waals surface area contributed by atoms with Crippen LogP contribution >= 0.6 is 11.6 Å². The molecule has 1 fully saturated rings. The molecule has 0 N–H and O–H groups in total. The molecule has 3 rings (SSSR count). The van der Waals surface area contributed by atoms with Crippen LogP contribution in [-0.2, 0) is 0 Å². The highest BCUT2D eigenvalue weighted by Gasteiger charge is 2.19. The zero-order chi connectivity index (χ0) is 14.7. The van der Waals surface area contributed by atoms with Gasteiger partial charge in [-0.1, -0.05) is 30.7 Å². The van der Waals surface area contributed by atoms with Crippen molar-refractivity contribution in [1.29, 1.82) is 0 Å². The molecule has 0 aliphatic heterocycles. The Labute approximate surface area is 130 Å². The second-order valence-electron chi connectivity index (χ2n) is 5.75. The Morgan fingerprint density at radius 1 is 1.10 bits per heavy atom. The molecule has 2 aromatic rings. The molecule has 0 bridgehead atoms. The van der Waals surface area contributed by atoms with Crippen LogP contribution in [0, 0.1) is 5.92 Å². The molecule has 110 valence electrons. The fourth-order valence-electron chi connectivity index (χ4n) is 2.69. The van der Waals surface area contributed by atoms with Crippen LogP contribution in [0.25, 0.3) is 11.4 Å². The summed E-state index contributed by atoms with van der Waals surface area (Å²) in [6.45, 7) is 2.30. The normalized spacial score (nSPS) is 22.0. The molecular weight excluding hydrogens is 284 g/mol. The van der Waals surface area contributed by atoms with Crippen LogP contribution in [0.5, 0.6) is 5.75 Å². The number of nitrogens with zero attached hydrogens (tertiary/aromatic N) is 2. The number of hydrogen-bond acceptors (Lipinski definition) is 3. The molecule has 0 saturated heterocycles. The number of rotatable bonds is 3. The molecule has 1 saturated carbocycles. The first kappa shape index (κ1) is 14.3. The summed E-state index contributed by atoms with van der Waals surface area (Å²) in [6.07, 6.45) is 8.54. The van der Waals surface area contributed by atoms with Gasteiger partial charge >= 0.3 is 0 Å². The number of hydrogen-bond donors (Lipinski definition) is 0. The molecule has 0 amide bonds. The van der Waals surface area contributed by atoms with E-state index in [9.17, 15) is 0 Å². The quantitative estimate of drug-likeness (QED) is 0.820. The molecule has 0 spiro atoms. The van der Waals surface area contributed by atoms with Crippen molar-refractivity contribution in [3.05, 3.63) is 41.7 Å². The molecule has 21 heavy (non-hydrogen) atoms. The van der Waals surface area contributed by atoms with Gasteiger partial charge in [-0.3, -0.25) is 0 Å². The van der Waals surface area contributed by atoms with Gasteiger partial charge in [0.15, 0.2) is 11.6 Å². The fourth-order valence-corrected chi connectivity index (χ4v) is 2.88. The summed E-state index contributed by atoms with van der Waals surface area (Å²) in [5.74, 6) is 2.24. The van der Waals surface area contributed by atoms with E-state index in [-0.39, 0.29) is 0 Å². The summed E-state index contributed by atoms with van der Waals surface area (Å²) >= 11 is 5.99. The zero-order valence-electron chi connectivity index (χ0n) is 12.1. The van der Waals surface area contributed by atoms with Crippen LogP contribution in [0.15, 0.2) is 36.7 Å². The van der Waals surface area contributed by atoms with Crippen molar-refractivity contribution in [2.45, 2.75) is 38.7 Å². The van der Waals surface area contributed by atoms with Crippen molar-refractivity contribution in [2.75, 3.05) is 0 Å². The SMILES string of the molecule is CC1CCC(Oc2cnc(-c3cccc(Cl)c3)nc2)CC1. The van der Waals surface area contributed by atoms with Crippen LogP contribution < -0.4 is 4.74 Å². The molecule has 4 heteroatoms. The van der Waals surface area contributed by atoms with Gasteiger partial charge in [-0.25, -0.2) is 9.97 Å². The summed E-state index contributed by atoms with van der Waals surface area (Å²) in [5.41, 5.74) is 0.917. The van der Waals surface area contributed by atoms with Crippen LogP contribution in [-0.4, -0.2) is 16.1 Å². The summed E-state index contributed by atoms with van der Waals surface area (Å²) < 4.78 is 5.97. The maximum atomic E-state index is 5.99. The van der Waals surface area contributed by atoms with E-state index in [1.165, 1.54) is 12.8 Å². The van der Waals surface area contributed by atoms with Gasteiger partial charge in [0.2, 0.25) is 0 Å². The molecule has 0 unspecified atom stereocenters. The Bertz CT molecular complexity index is 592. The van der Waals surface area contributed by atoms with Crippen molar-refractivity contribution in [3.8, 4) is 17.1 Å². The molecule has 1 aliphatic carbocycles. The summed E-state index contributed by atoms with van der Waals surface area (Å²) in [5, 5.41) is 0.688. The van der Waals surface area contributed by atoms with Crippen LogP contribution in [0.2, 0.25) is 5.02 Å². The zero-order valence-corrected chi connectivity index (χ0v) is 12.9. The van der Waals surface area contributed by atoms with E-state index in [0.29, 0.717) is 17.0 Å². The largest absolute Gasteiger partial charge is 0.487 e. The topological polar surface area (TPSA) is 35.0 Å². The van der Waals surface area contributed by atoms with Crippen molar-refractivity contribution in [1.82, 2.24) is 9.97 Å². The lowest BCUT2D eigenvalue weighted by atomic mass is 9.89. The van der Waals surface area contributed by atoms with E-state index >= 15 is 0 Å². The molecule has 1 heterocycles. The first-order valence-electron chi connectivity index (χ1n) is 7.45. The van der Waals surface area contributed by atoms with Gasteiger partial charge in [-0.15, -0.1) is 0 Å². The Morgan fingerprint density at radius 2 is 1.81 bits per heavy atom. The first-order chi connectivity index (χ1) is 10.2. The number of ether oxygens (including phenoxy) is 1. The van der Waals surface area contributed by atoms with Gasteiger partial charge in [-0.2, -0.15) is 0 Å². The van der Waals surface area contributed by atoms with Crippen LogP contribution in [0.1, 0.15) is 32.6 Å². The number of halogens is 1. The predicted molar refractivity (Wildman–Crippen MR) is 84.5 cm³/mol. The first-order valence-corrected chi connectivity index (χ1v) is 7.83. The second-order valence-corrected chi connectivity index (χ2v) is 6.19. The number of aromatic nitrogens is 2. The Morgan fingerprint density at radius 3 is 2.48 bits per heavy atom. The van der Waals surface area contributed by atoms with E-state index < -0.39 is 0 Å². The maximum absolute atomic E-state index is 5.99. The summed E-state index contributed by atoms with van der Waals surface area (Å²) in [7, 11) is 0. The lowest BCUT2D eigenvalue weighted by Gasteiger charge is -2.26. The second kappa shape index (κ2) is 6.44. The lowest BCUT2D eigenvalue weighted by Crippen LogP contribution is -2.23. The highest BCUT2D eigenvalue weighted by molar-refractivity contribution is 6.30. The highest BCUT2D eigenvalue weighted by atomic mass is 35.5. The van der Waals surface area contributed by atoms with Gasteiger partial charge in [0.25, 0.3) is 0 Å². The minimum atomic E-state index is 0.307. The van der Waals surface area contributed by atoms with E-state index in [4.69, 9.17) is 16.3 Å². The Balaban J connectivity index is 1.67. The van der Waals surface area contributed by atoms with Crippen molar-refractivity contribution < 1.29 is 4.74 Å². The van der Waals surface area contributed by atoms with Gasteiger partial charge in [-0.05, 0) is 43.7 Å². The summed E-state index contributed by atoms with van der Waals surface area (Å²) in [4.78, 5) is 8.75. The van der Waals surface area contributed by atoms with Gasteiger partial charge in [0.1, 0.15) is 0 Å². The van der Waals surface area contributed by atoms with E-state index in [2.05, 4.69) is 16.9 Å². The van der Waals surface area contributed by atoms with E-state index in [1.54, 1.807) is 12.4 Å².